The summed E-state index contributed by atoms with van der Waals surface area (Å²) >= 11 is 0. The van der Waals surface area contributed by atoms with Gasteiger partial charge in [-0.2, -0.15) is 0 Å². The quantitative estimate of drug-likeness (QED) is 0.890. The Kier molecular flexibility index (Phi) is 4.40. The lowest BCUT2D eigenvalue weighted by Gasteiger charge is -2.33. The highest BCUT2D eigenvalue weighted by atomic mass is 19.2. The molecule has 1 N–H and O–H groups in total. The number of piperidine rings is 1. The van der Waals surface area contributed by atoms with Crippen LogP contribution in [0, 0.1) is 23.5 Å². The topological polar surface area (TPSA) is 35.6 Å². The van der Waals surface area contributed by atoms with Crippen LogP contribution in [-0.4, -0.2) is 48.1 Å². The lowest BCUT2D eigenvalue weighted by atomic mass is 9.90. The minimum atomic E-state index is -0.883. The molecule has 0 bridgehead atoms. The van der Waals surface area contributed by atoms with Crippen molar-refractivity contribution >= 4 is 6.03 Å². The van der Waals surface area contributed by atoms with Crippen LogP contribution in [0.15, 0.2) is 18.2 Å². The van der Waals surface area contributed by atoms with Gasteiger partial charge in [-0.05, 0) is 55.8 Å². The van der Waals surface area contributed by atoms with E-state index in [-0.39, 0.29) is 12.1 Å². The molecule has 4 rings (SSSR count). The summed E-state index contributed by atoms with van der Waals surface area (Å²) in [6, 6.07) is 3.95. The van der Waals surface area contributed by atoms with Crippen molar-refractivity contribution in [3.05, 3.63) is 35.4 Å². The van der Waals surface area contributed by atoms with E-state index >= 15 is 0 Å². The molecule has 1 aromatic rings. The number of urea groups is 1. The third-order valence-electron chi connectivity index (χ3n) is 6.19. The number of hydrogen-bond donors (Lipinski definition) is 1. The minimum absolute atomic E-state index is 0.103. The highest BCUT2D eigenvalue weighted by Crippen LogP contribution is 2.40. The van der Waals surface area contributed by atoms with Crippen LogP contribution in [0.5, 0.6) is 0 Å². The molecule has 0 spiro atoms. The van der Waals surface area contributed by atoms with E-state index in [9.17, 15) is 13.6 Å². The number of hydrogen-bond acceptors (Lipinski definition) is 2. The fourth-order valence-corrected chi connectivity index (χ4v) is 4.86. The summed E-state index contributed by atoms with van der Waals surface area (Å²) in [5.74, 6) is -0.588. The molecule has 4 atom stereocenters. The van der Waals surface area contributed by atoms with Gasteiger partial charge in [-0.25, -0.2) is 13.6 Å². The predicted molar refractivity (Wildman–Crippen MR) is 91.1 cm³/mol. The number of nitrogens with one attached hydrogen (secondary N) is 1. The van der Waals surface area contributed by atoms with E-state index < -0.39 is 11.6 Å². The molecule has 25 heavy (non-hydrogen) atoms. The number of rotatable bonds is 2. The number of fused-ring (bicyclic) bond motifs is 3. The summed E-state index contributed by atoms with van der Waals surface area (Å²) in [4.78, 5) is 17.1. The minimum Gasteiger partial charge on any atom is -0.331 e. The third kappa shape index (κ3) is 3.12. The normalized spacial score (nSPS) is 30.0. The number of amides is 2. The molecule has 3 saturated heterocycles. The second-order valence-corrected chi connectivity index (χ2v) is 7.73. The first-order valence-electron chi connectivity index (χ1n) is 9.27. The van der Waals surface area contributed by atoms with Gasteiger partial charge < -0.3 is 10.2 Å². The van der Waals surface area contributed by atoms with Crippen molar-refractivity contribution in [2.24, 2.45) is 11.8 Å². The van der Waals surface area contributed by atoms with Crippen molar-refractivity contribution in [3.8, 4) is 0 Å². The first-order valence-corrected chi connectivity index (χ1v) is 9.27. The maximum atomic E-state index is 13.4. The zero-order chi connectivity index (χ0) is 17.6. The van der Waals surface area contributed by atoms with Gasteiger partial charge in [0.05, 0.1) is 6.04 Å². The molecule has 2 amide bonds. The van der Waals surface area contributed by atoms with Gasteiger partial charge >= 0.3 is 6.03 Å². The number of halogens is 2. The standard InChI is InChI=1S/C19H25F2N3O/c1-12(13-5-6-16(20)17(21)8-13)22-19(25)24-10-14-9-23-7-3-2-4-18(23)15(14)11-24/h5-6,8,12,14-15,18H,2-4,7,9-11H2,1H3,(H,22,25)/t12-,14-,15+,18-/m0/s1. The molecule has 3 fully saturated rings. The predicted octanol–water partition coefficient (Wildman–Crippen LogP) is 3.15. The number of likely N-dealkylation sites (tertiary alicyclic amines) is 1. The Morgan fingerprint density at radius 1 is 1.20 bits per heavy atom. The number of carbonyl (C=O) groups excluding carboxylic acids is 1. The molecule has 3 heterocycles. The van der Waals surface area contributed by atoms with Gasteiger partial charge in [0, 0.05) is 25.7 Å². The second-order valence-electron chi connectivity index (χ2n) is 7.73. The molecular weight excluding hydrogens is 324 g/mol. The van der Waals surface area contributed by atoms with Gasteiger partial charge in [-0.1, -0.05) is 12.5 Å². The molecule has 136 valence electrons. The lowest BCUT2D eigenvalue weighted by molar-refractivity contribution is 0.153. The number of carbonyl (C=O) groups is 1. The lowest BCUT2D eigenvalue weighted by Crippen LogP contribution is -2.44. The maximum Gasteiger partial charge on any atom is 0.317 e. The Morgan fingerprint density at radius 3 is 2.84 bits per heavy atom. The van der Waals surface area contributed by atoms with Crippen molar-refractivity contribution in [1.29, 1.82) is 0 Å². The first kappa shape index (κ1) is 16.8. The molecule has 6 heteroatoms. The van der Waals surface area contributed by atoms with E-state index in [1.54, 1.807) is 6.92 Å². The van der Waals surface area contributed by atoms with E-state index in [2.05, 4.69) is 10.2 Å². The fourth-order valence-electron chi connectivity index (χ4n) is 4.86. The van der Waals surface area contributed by atoms with E-state index in [0.717, 1.165) is 31.8 Å². The van der Waals surface area contributed by atoms with Gasteiger partial charge in [0.2, 0.25) is 0 Å². The van der Waals surface area contributed by atoms with Gasteiger partial charge in [0.1, 0.15) is 0 Å². The van der Waals surface area contributed by atoms with Crippen LogP contribution in [0.1, 0.15) is 37.8 Å². The zero-order valence-corrected chi connectivity index (χ0v) is 14.5. The van der Waals surface area contributed by atoms with Crippen molar-refractivity contribution < 1.29 is 13.6 Å². The van der Waals surface area contributed by atoms with Gasteiger partial charge in [0.15, 0.2) is 11.6 Å². The summed E-state index contributed by atoms with van der Waals surface area (Å²) < 4.78 is 26.5. The molecule has 4 nitrogen and oxygen atoms in total. The molecule has 0 aliphatic carbocycles. The fraction of sp³-hybridized carbons (Fsp3) is 0.632. The van der Waals surface area contributed by atoms with Crippen molar-refractivity contribution in [1.82, 2.24) is 15.1 Å². The Bertz CT molecular complexity index is 668. The molecule has 0 unspecified atom stereocenters. The second kappa shape index (κ2) is 6.56. The van der Waals surface area contributed by atoms with E-state index in [4.69, 9.17) is 0 Å². The molecule has 0 radical (unpaired) electrons. The molecule has 3 aliphatic rings. The number of nitrogens with zero attached hydrogens (tertiary/aromatic N) is 2. The molecular formula is C19H25F2N3O. The van der Waals surface area contributed by atoms with Crippen LogP contribution in [0.3, 0.4) is 0 Å². The SMILES string of the molecule is C[C@H](NC(=O)N1C[C@@H]2CN3CCCC[C@H]3[C@@H]2C1)c1ccc(F)c(F)c1. The monoisotopic (exact) mass is 349 g/mol. The van der Waals surface area contributed by atoms with Gasteiger partial charge in [-0.3, -0.25) is 4.90 Å². The Balaban J connectivity index is 1.37. The third-order valence-corrected chi connectivity index (χ3v) is 6.19. The average molecular weight is 349 g/mol. The van der Waals surface area contributed by atoms with Crippen LogP contribution < -0.4 is 5.32 Å². The summed E-state index contributed by atoms with van der Waals surface area (Å²) in [6.45, 7) is 5.72. The van der Waals surface area contributed by atoms with Crippen molar-refractivity contribution in [2.45, 2.75) is 38.3 Å². The van der Waals surface area contributed by atoms with E-state index in [0.29, 0.717) is 23.4 Å². The van der Waals surface area contributed by atoms with Crippen LogP contribution >= 0.6 is 0 Å². The Hall–Kier alpha value is -1.69. The molecule has 0 saturated carbocycles. The van der Waals surface area contributed by atoms with Crippen LogP contribution in [0.2, 0.25) is 0 Å². The molecule has 1 aromatic carbocycles. The molecule has 3 aliphatic heterocycles. The molecule has 0 aromatic heterocycles. The Labute approximate surface area is 147 Å². The highest BCUT2D eigenvalue weighted by Gasteiger charge is 2.48. The summed E-state index contributed by atoms with van der Waals surface area (Å²) in [6.07, 6.45) is 3.84. The van der Waals surface area contributed by atoms with Gasteiger partial charge in [-0.15, -0.1) is 0 Å². The first-order chi connectivity index (χ1) is 12.0. The summed E-state index contributed by atoms with van der Waals surface area (Å²) in [5, 5.41) is 2.93. The summed E-state index contributed by atoms with van der Waals surface area (Å²) in [5.41, 5.74) is 0.574. The average Bonchev–Trinajstić information content (AvgIpc) is 3.15. The van der Waals surface area contributed by atoms with Crippen molar-refractivity contribution in [3.63, 3.8) is 0 Å². The highest BCUT2D eigenvalue weighted by molar-refractivity contribution is 5.75. The smallest absolute Gasteiger partial charge is 0.317 e. The maximum absolute atomic E-state index is 13.4. The zero-order valence-electron chi connectivity index (χ0n) is 14.5. The Morgan fingerprint density at radius 2 is 2.04 bits per heavy atom. The van der Waals surface area contributed by atoms with Crippen LogP contribution in [-0.2, 0) is 0 Å². The number of benzene rings is 1. The van der Waals surface area contributed by atoms with E-state index in [1.807, 2.05) is 4.90 Å². The van der Waals surface area contributed by atoms with Crippen LogP contribution in [0.4, 0.5) is 13.6 Å². The van der Waals surface area contributed by atoms with Crippen molar-refractivity contribution in [2.75, 3.05) is 26.2 Å². The van der Waals surface area contributed by atoms with E-state index in [1.165, 1.54) is 31.9 Å². The van der Waals surface area contributed by atoms with Crippen LogP contribution in [0.25, 0.3) is 0 Å². The summed E-state index contributed by atoms with van der Waals surface area (Å²) in [7, 11) is 0. The largest absolute Gasteiger partial charge is 0.331 e. The van der Waals surface area contributed by atoms with Gasteiger partial charge in [0.25, 0.3) is 0 Å².